The highest BCUT2D eigenvalue weighted by molar-refractivity contribution is 9.10. The molecule has 0 aliphatic heterocycles. The number of carbonyl (C=O) groups is 1. The third kappa shape index (κ3) is 4.70. The molecule has 0 fully saturated rings. The van der Waals surface area contributed by atoms with Crippen LogP contribution in [-0.2, 0) is 11.2 Å². The van der Waals surface area contributed by atoms with Crippen molar-refractivity contribution in [3.05, 3.63) is 64.1 Å². The summed E-state index contributed by atoms with van der Waals surface area (Å²) in [5.74, 6) is 1.80. The van der Waals surface area contributed by atoms with E-state index >= 15 is 0 Å². The Bertz CT molecular complexity index is 887. The molecule has 7 heteroatoms. The number of nitrogens with one attached hydrogen (secondary N) is 1. The zero-order valence-corrected chi connectivity index (χ0v) is 16.0. The lowest BCUT2D eigenvalue weighted by atomic mass is 10.1. The van der Waals surface area contributed by atoms with Gasteiger partial charge in [-0.2, -0.15) is 0 Å². The van der Waals surface area contributed by atoms with Crippen LogP contribution < -0.4 is 10.1 Å². The second kappa shape index (κ2) is 8.14. The zero-order chi connectivity index (χ0) is 18.5. The maximum absolute atomic E-state index is 12.1. The van der Waals surface area contributed by atoms with Gasteiger partial charge in [-0.25, -0.2) is 4.98 Å². The van der Waals surface area contributed by atoms with E-state index in [2.05, 4.69) is 31.4 Å². The molecule has 6 nitrogen and oxygen atoms in total. The number of halogens is 1. The molecule has 3 aromatic rings. The lowest BCUT2D eigenvalue weighted by Crippen LogP contribution is -2.12. The number of hydrogen-bond donors (Lipinski definition) is 1. The molecule has 0 unspecified atom stereocenters. The number of ether oxygens (including phenoxy) is 1. The van der Waals surface area contributed by atoms with Gasteiger partial charge in [-0.05, 0) is 44.5 Å². The lowest BCUT2D eigenvalue weighted by Gasteiger charge is -2.07. The fourth-order valence-electron chi connectivity index (χ4n) is 2.49. The Morgan fingerprint density at radius 2 is 2.12 bits per heavy atom. The zero-order valence-electron chi connectivity index (χ0n) is 14.5. The molecule has 0 atom stereocenters. The van der Waals surface area contributed by atoms with E-state index in [1.54, 1.807) is 18.3 Å². The standard InChI is InChI=1S/C19H18BrN3O3/c1-12-17(13(2)26-23-12)7-8-18(24)22-15-6-9-19(21-11-15)25-16-5-3-4-14(20)10-16/h3-6,9-11H,7-8H2,1-2H3,(H,22,24). The number of rotatable bonds is 6. The molecule has 3 rings (SSSR count). The summed E-state index contributed by atoms with van der Waals surface area (Å²) in [7, 11) is 0. The summed E-state index contributed by atoms with van der Waals surface area (Å²) in [6.07, 6.45) is 2.50. The Labute approximate surface area is 159 Å². The quantitative estimate of drug-likeness (QED) is 0.624. The first kappa shape index (κ1) is 18.1. The van der Waals surface area contributed by atoms with E-state index in [0.29, 0.717) is 30.2 Å². The molecule has 134 valence electrons. The van der Waals surface area contributed by atoms with Crippen LogP contribution in [0.2, 0.25) is 0 Å². The molecule has 1 aromatic carbocycles. The third-order valence-electron chi connectivity index (χ3n) is 3.82. The third-order valence-corrected chi connectivity index (χ3v) is 4.32. The van der Waals surface area contributed by atoms with Crippen molar-refractivity contribution in [1.29, 1.82) is 0 Å². The van der Waals surface area contributed by atoms with Gasteiger partial charge in [0.2, 0.25) is 11.8 Å². The van der Waals surface area contributed by atoms with Crippen molar-refractivity contribution in [2.24, 2.45) is 0 Å². The number of nitrogens with zero attached hydrogens (tertiary/aromatic N) is 2. The van der Waals surface area contributed by atoms with Crippen molar-refractivity contribution in [1.82, 2.24) is 10.1 Å². The number of anilines is 1. The summed E-state index contributed by atoms with van der Waals surface area (Å²) >= 11 is 3.39. The van der Waals surface area contributed by atoms with Crippen LogP contribution in [0.1, 0.15) is 23.4 Å². The number of benzene rings is 1. The van der Waals surface area contributed by atoms with Crippen molar-refractivity contribution in [3.8, 4) is 11.6 Å². The SMILES string of the molecule is Cc1noc(C)c1CCC(=O)Nc1ccc(Oc2cccc(Br)c2)nc1. The average Bonchev–Trinajstić information content (AvgIpc) is 2.93. The van der Waals surface area contributed by atoms with E-state index in [1.165, 1.54) is 0 Å². The van der Waals surface area contributed by atoms with Crippen LogP contribution >= 0.6 is 15.9 Å². The van der Waals surface area contributed by atoms with Crippen LogP contribution in [0.25, 0.3) is 0 Å². The topological polar surface area (TPSA) is 77.2 Å². The molecule has 26 heavy (non-hydrogen) atoms. The van der Waals surface area contributed by atoms with Crippen molar-refractivity contribution < 1.29 is 14.1 Å². The summed E-state index contributed by atoms with van der Waals surface area (Å²) in [6, 6.07) is 11.0. The van der Waals surface area contributed by atoms with Crippen LogP contribution in [0.4, 0.5) is 5.69 Å². The molecule has 0 aliphatic rings. The van der Waals surface area contributed by atoms with E-state index in [9.17, 15) is 4.79 Å². The maximum atomic E-state index is 12.1. The van der Waals surface area contributed by atoms with E-state index < -0.39 is 0 Å². The highest BCUT2D eigenvalue weighted by Crippen LogP contribution is 2.23. The highest BCUT2D eigenvalue weighted by atomic mass is 79.9. The van der Waals surface area contributed by atoms with E-state index in [4.69, 9.17) is 9.26 Å². The smallest absolute Gasteiger partial charge is 0.224 e. The second-order valence-corrected chi connectivity index (χ2v) is 6.71. The molecule has 0 saturated heterocycles. The van der Waals surface area contributed by atoms with Crippen LogP contribution in [0.3, 0.4) is 0 Å². The van der Waals surface area contributed by atoms with Gasteiger partial charge in [0, 0.05) is 22.5 Å². The number of pyridine rings is 1. The molecular weight excluding hydrogens is 398 g/mol. The number of aryl methyl sites for hydroxylation is 2. The molecule has 1 N–H and O–H groups in total. The minimum atomic E-state index is -0.0903. The maximum Gasteiger partial charge on any atom is 0.224 e. The van der Waals surface area contributed by atoms with Gasteiger partial charge in [-0.15, -0.1) is 0 Å². The number of carbonyl (C=O) groups excluding carboxylic acids is 1. The van der Waals surface area contributed by atoms with Crippen LogP contribution in [-0.4, -0.2) is 16.0 Å². The largest absolute Gasteiger partial charge is 0.439 e. The molecule has 0 bridgehead atoms. The van der Waals surface area contributed by atoms with Crippen LogP contribution in [0.5, 0.6) is 11.6 Å². The Kier molecular flexibility index (Phi) is 5.68. The summed E-state index contributed by atoms with van der Waals surface area (Å²) in [4.78, 5) is 16.3. The highest BCUT2D eigenvalue weighted by Gasteiger charge is 2.11. The predicted molar refractivity (Wildman–Crippen MR) is 101 cm³/mol. The Morgan fingerprint density at radius 3 is 2.77 bits per heavy atom. The Morgan fingerprint density at radius 1 is 1.27 bits per heavy atom. The van der Waals surface area contributed by atoms with E-state index in [1.807, 2.05) is 38.1 Å². The molecule has 0 saturated carbocycles. The fraction of sp³-hybridized carbons (Fsp3) is 0.211. The lowest BCUT2D eigenvalue weighted by molar-refractivity contribution is -0.116. The first-order chi connectivity index (χ1) is 12.5. The van der Waals surface area contributed by atoms with Gasteiger partial charge in [-0.3, -0.25) is 4.79 Å². The molecule has 1 amide bonds. The molecule has 0 radical (unpaired) electrons. The number of aromatic nitrogens is 2. The predicted octanol–water partition coefficient (Wildman–Crippen LogP) is 4.81. The van der Waals surface area contributed by atoms with Gasteiger partial charge in [-0.1, -0.05) is 27.2 Å². The molecule has 0 aliphatic carbocycles. The number of amides is 1. The van der Waals surface area contributed by atoms with Crippen molar-refractivity contribution in [2.45, 2.75) is 26.7 Å². The van der Waals surface area contributed by atoms with Gasteiger partial charge < -0.3 is 14.6 Å². The summed E-state index contributed by atoms with van der Waals surface area (Å²) in [5.41, 5.74) is 2.43. The molecular formula is C19H18BrN3O3. The molecule has 2 aromatic heterocycles. The summed E-state index contributed by atoms with van der Waals surface area (Å²) in [5, 5.41) is 6.72. The van der Waals surface area contributed by atoms with Crippen molar-refractivity contribution in [2.75, 3.05) is 5.32 Å². The first-order valence-electron chi connectivity index (χ1n) is 8.12. The van der Waals surface area contributed by atoms with E-state index in [-0.39, 0.29) is 5.91 Å². The fourth-order valence-corrected chi connectivity index (χ4v) is 2.86. The normalized spacial score (nSPS) is 10.6. The Hall–Kier alpha value is -2.67. The summed E-state index contributed by atoms with van der Waals surface area (Å²) < 4.78 is 11.7. The van der Waals surface area contributed by atoms with Crippen LogP contribution in [0, 0.1) is 13.8 Å². The molecule has 0 spiro atoms. The number of hydrogen-bond acceptors (Lipinski definition) is 5. The van der Waals surface area contributed by atoms with Gasteiger partial charge in [0.05, 0.1) is 17.6 Å². The van der Waals surface area contributed by atoms with Gasteiger partial charge in [0.25, 0.3) is 0 Å². The van der Waals surface area contributed by atoms with E-state index in [0.717, 1.165) is 21.5 Å². The first-order valence-corrected chi connectivity index (χ1v) is 8.91. The van der Waals surface area contributed by atoms with Gasteiger partial charge >= 0.3 is 0 Å². The monoisotopic (exact) mass is 415 g/mol. The van der Waals surface area contributed by atoms with Crippen LogP contribution in [0.15, 0.2) is 51.6 Å². The van der Waals surface area contributed by atoms with Gasteiger partial charge in [0.1, 0.15) is 11.5 Å². The Balaban J connectivity index is 1.54. The van der Waals surface area contributed by atoms with Crippen molar-refractivity contribution in [3.63, 3.8) is 0 Å². The van der Waals surface area contributed by atoms with Crippen molar-refractivity contribution >= 4 is 27.5 Å². The van der Waals surface area contributed by atoms with Gasteiger partial charge in [0.15, 0.2) is 0 Å². The minimum absolute atomic E-state index is 0.0903. The minimum Gasteiger partial charge on any atom is -0.439 e. The summed E-state index contributed by atoms with van der Waals surface area (Å²) in [6.45, 7) is 3.72. The molecule has 2 heterocycles. The second-order valence-electron chi connectivity index (χ2n) is 5.80. The average molecular weight is 416 g/mol.